The Morgan fingerprint density at radius 3 is 2.68 bits per heavy atom. The molecule has 0 amide bonds. The highest BCUT2D eigenvalue weighted by Gasteiger charge is 2.19. The van der Waals surface area contributed by atoms with Gasteiger partial charge in [-0.1, -0.05) is 26.0 Å². The van der Waals surface area contributed by atoms with Gasteiger partial charge in [-0.15, -0.1) is 0 Å². The summed E-state index contributed by atoms with van der Waals surface area (Å²) in [5, 5.41) is 6.99. The molecule has 1 aliphatic rings. The fourth-order valence-electron chi connectivity index (χ4n) is 2.23. The Morgan fingerprint density at radius 2 is 2.05 bits per heavy atom. The highest BCUT2D eigenvalue weighted by molar-refractivity contribution is 5.39. The van der Waals surface area contributed by atoms with E-state index < -0.39 is 0 Å². The van der Waals surface area contributed by atoms with E-state index in [0.29, 0.717) is 5.92 Å². The molecule has 0 heterocycles. The summed E-state index contributed by atoms with van der Waals surface area (Å²) in [5.41, 5.74) is 2.62. The minimum Gasteiger partial charge on any atom is -0.496 e. The highest BCUT2D eigenvalue weighted by atomic mass is 16.5. The molecule has 0 atom stereocenters. The van der Waals surface area contributed by atoms with Crippen LogP contribution >= 0.6 is 0 Å². The van der Waals surface area contributed by atoms with E-state index >= 15 is 0 Å². The molecule has 2 rings (SSSR count). The van der Waals surface area contributed by atoms with Crippen LogP contribution in [-0.2, 0) is 6.54 Å². The van der Waals surface area contributed by atoms with Crippen molar-refractivity contribution in [3.05, 3.63) is 29.3 Å². The van der Waals surface area contributed by atoms with Crippen molar-refractivity contribution in [1.82, 2.24) is 10.6 Å². The summed E-state index contributed by atoms with van der Waals surface area (Å²) in [6.45, 7) is 7.43. The van der Waals surface area contributed by atoms with E-state index in [1.165, 1.54) is 24.0 Å². The van der Waals surface area contributed by atoms with Crippen LogP contribution in [0.5, 0.6) is 5.75 Å². The van der Waals surface area contributed by atoms with Crippen LogP contribution in [0.2, 0.25) is 0 Å². The van der Waals surface area contributed by atoms with Gasteiger partial charge >= 0.3 is 0 Å². The van der Waals surface area contributed by atoms with Gasteiger partial charge in [0.2, 0.25) is 0 Å². The summed E-state index contributed by atoms with van der Waals surface area (Å²) in [5.74, 6) is 1.49. The van der Waals surface area contributed by atoms with Gasteiger partial charge in [0, 0.05) is 25.7 Å². The van der Waals surface area contributed by atoms with Gasteiger partial charge in [-0.3, -0.25) is 0 Å². The van der Waals surface area contributed by atoms with Crippen molar-refractivity contribution in [3.8, 4) is 5.75 Å². The Bertz CT molecular complexity index is 400. The minimum absolute atomic E-state index is 0.492. The van der Waals surface area contributed by atoms with Crippen molar-refractivity contribution in [2.75, 3.05) is 20.2 Å². The Hall–Kier alpha value is -1.06. The zero-order valence-electron chi connectivity index (χ0n) is 12.3. The first-order chi connectivity index (χ1) is 9.20. The number of benzene rings is 1. The second kappa shape index (κ2) is 6.92. The summed E-state index contributed by atoms with van der Waals surface area (Å²) in [6, 6.07) is 7.28. The summed E-state index contributed by atoms with van der Waals surface area (Å²) in [4.78, 5) is 0. The topological polar surface area (TPSA) is 33.3 Å². The van der Waals surface area contributed by atoms with Crippen LogP contribution in [0.4, 0.5) is 0 Å². The third kappa shape index (κ3) is 4.51. The average Bonchev–Trinajstić information content (AvgIpc) is 3.22. The third-order valence-electron chi connectivity index (χ3n) is 3.56. The standard InChI is InChI=1S/C16H26N2O/c1-12(2)15-10-13(4-7-16(15)19-3)11-17-8-9-18-14-5-6-14/h4,7,10,12,14,17-18H,5-6,8-9,11H2,1-3H3. The van der Waals surface area contributed by atoms with Gasteiger partial charge in [-0.2, -0.15) is 0 Å². The van der Waals surface area contributed by atoms with Gasteiger partial charge in [0.1, 0.15) is 5.75 Å². The highest BCUT2D eigenvalue weighted by Crippen LogP contribution is 2.27. The molecular weight excluding hydrogens is 236 g/mol. The maximum Gasteiger partial charge on any atom is 0.122 e. The predicted molar refractivity (Wildman–Crippen MR) is 79.8 cm³/mol. The molecule has 1 saturated carbocycles. The molecule has 0 aliphatic heterocycles. The van der Waals surface area contributed by atoms with Crippen molar-refractivity contribution in [3.63, 3.8) is 0 Å². The van der Waals surface area contributed by atoms with Crippen molar-refractivity contribution in [1.29, 1.82) is 0 Å². The van der Waals surface area contributed by atoms with Crippen LogP contribution in [-0.4, -0.2) is 26.2 Å². The minimum atomic E-state index is 0.492. The lowest BCUT2D eigenvalue weighted by Crippen LogP contribution is -2.28. The maximum absolute atomic E-state index is 5.41. The lowest BCUT2D eigenvalue weighted by molar-refractivity contribution is 0.407. The Labute approximate surface area is 116 Å². The molecule has 19 heavy (non-hydrogen) atoms. The molecule has 0 radical (unpaired) electrons. The lowest BCUT2D eigenvalue weighted by atomic mass is 9.99. The van der Waals surface area contributed by atoms with Gasteiger partial charge in [-0.25, -0.2) is 0 Å². The zero-order valence-corrected chi connectivity index (χ0v) is 12.3. The summed E-state index contributed by atoms with van der Waals surface area (Å²) >= 11 is 0. The summed E-state index contributed by atoms with van der Waals surface area (Å²) in [7, 11) is 1.74. The SMILES string of the molecule is COc1ccc(CNCCNC2CC2)cc1C(C)C. The van der Waals surface area contributed by atoms with Crippen molar-refractivity contribution in [2.24, 2.45) is 0 Å². The number of hydrogen-bond acceptors (Lipinski definition) is 3. The molecule has 1 aliphatic carbocycles. The molecule has 0 aromatic heterocycles. The summed E-state index contributed by atoms with van der Waals surface area (Å²) < 4.78 is 5.41. The van der Waals surface area contributed by atoms with Crippen LogP contribution in [0, 0.1) is 0 Å². The first-order valence-electron chi connectivity index (χ1n) is 7.31. The Morgan fingerprint density at radius 1 is 1.26 bits per heavy atom. The second-order valence-corrected chi connectivity index (χ2v) is 5.64. The molecule has 2 N–H and O–H groups in total. The largest absolute Gasteiger partial charge is 0.496 e. The Balaban J connectivity index is 1.80. The van der Waals surface area contributed by atoms with E-state index in [-0.39, 0.29) is 0 Å². The number of rotatable bonds is 8. The van der Waals surface area contributed by atoms with Crippen LogP contribution < -0.4 is 15.4 Å². The normalized spacial score (nSPS) is 14.9. The van der Waals surface area contributed by atoms with Gasteiger partial charge in [0.05, 0.1) is 7.11 Å². The molecule has 0 bridgehead atoms. The summed E-state index contributed by atoms with van der Waals surface area (Å²) in [6.07, 6.45) is 2.71. The van der Waals surface area contributed by atoms with E-state index in [1.54, 1.807) is 7.11 Å². The number of nitrogens with one attached hydrogen (secondary N) is 2. The molecule has 1 aromatic rings. The van der Waals surface area contributed by atoms with Crippen LogP contribution in [0.3, 0.4) is 0 Å². The smallest absolute Gasteiger partial charge is 0.122 e. The molecule has 0 saturated heterocycles. The number of methoxy groups -OCH3 is 1. The molecule has 1 fully saturated rings. The third-order valence-corrected chi connectivity index (χ3v) is 3.56. The number of hydrogen-bond donors (Lipinski definition) is 2. The fraction of sp³-hybridized carbons (Fsp3) is 0.625. The van der Waals surface area contributed by atoms with E-state index in [9.17, 15) is 0 Å². The first-order valence-corrected chi connectivity index (χ1v) is 7.31. The van der Waals surface area contributed by atoms with Crippen LogP contribution in [0.1, 0.15) is 43.7 Å². The molecule has 3 heteroatoms. The van der Waals surface area contributed by atoms with E-state index in [0.717, 1.165) is 31.4 Å². The average molecular weight is 262 g/mol. The lowest BCUT2D eigenvalue weighted by Gasteiger charge is -2.14. The van der Waals surface area contributed by atoms with Crippen molar-refractivity contribution < 1.29 is 4.74 Å². The Kier molecular flexibility index (Phi) is 5.23. The second-order valence-electron chi connectivity index (χ2n) is 5.64. The van der Waals surface area contributed by atoms with Gasteiger partial charge in [0.25, 0.3) is 0 Å². The molecule has 3 nitrogen and oxygen atoms in total. The van der Waals surface area contributed by atoms with E-state index in [4.69, 9.17) is 4.74 Å². The van der Waals surface area contributed by atoms with Crippen LogP contribution in [0.25, 0.3) is 0 Å². The zero-order chi connectivity index (χ0) is 13.7. The molecular formula is C16H26N2O. The first kappa shape index (κ1) is 14.4. The predicted octanol–water partition coefficient (Wildman–Crippen LogP) is 2.66. The van der Waals surface area contributed by atoms with Gasteiger partial charge < -0.3 is 15.4 Å². The van der Waals surface area contributed by atoms with Gasteiger partial charge in [0.15, 0.2) is 0 Å². The van der Waals surface area contributed by atoms with E-state index in [2.05, 4.69) is 42.7 Å². The monoisotopic (exact) mass is 262 g/mol. The van der Waals surface area contributed by atoms with Crippen molar-refractivity contribution in [2.45, 2.75) is 45.2 Å². The van der Waals surface area contributed by atoms with Crippen molar-refractivity contribution >= 4 is 0 Å². The maximum atomic E-state index is 5.41. The number of ether oxygens (including phenoxy) is 1. The fourth-order valence-corrected chi connectivity index (χ4v) is 2.23. The van der Waals surface area contributed by atoms with E-state index in [1.807, 2.05) is 0 Å². The molecule has 106 valence electrons. The van der Waals surface area contributed by atoms with Crippen LogP contribution in [0.15, 0.2) is 18.2 Å². The van der Waals surface area contributed by atoms with Gasteiger partial charge in [-0.05, 0) is 36.0 Å². The molecule has 0 spiro atoms. The quantitative estimate of drug-likeness (QED) is 0.707. The molecule has 1 aromatic carbocycles. The molecule has 0 unspecified atom stereocenters.